The Hall–Kier alpha value is -0.720. The molecule has 50 valence electrons. The monoisotopic (exact) mass is 124 g/mol. The van der Waals surface area contributed by atoms with E-state index in [0.717, 1.165) is 25.0 Å². The predicted molar refractivity (Wildman–Crippen MR) is 37.8 cm³/mol. The first kappa shape index (κ1) is 6.40. The van der Waals surface area contributed by atoms with Crippen LogP contribution in [0.5, 0.6) is 0 Å². The van der Waals surface area contributed by atoms with Crippen LogP contribution in [0.15, 0.2) is 24.2 Å². The highest BCUT2D eigenvalue weighted by atomic mass is 16.5. The average molecular weight is 124 g/mol. The first-order chi connectivity index (χ1) is 4.43. The lowest BCUT2D eigenvalue weighted by Gasteiger charge is -2.08. The van der Waals surface area contributed by atoms with Gasteiger partial charge in [-0.25, -0.2) is 0 Å². The van der Waals surface area contributed by atoms with E-state index in [9.17, 15) is 0 Å². The Morgan fingerprint density at radius 3 is 3.22 bits per heavy atom. The van der Waals surface area contributed by atoms with Crippen molar-refractivity contribution in [1.29, 1.82) is 0 Å². The van der Waals surface area contributed by atoms with Crippen LogP contribution in [-0.2, 0) is 4.74 Å². The van der Waals surface area contributed by atoms with E-state index >= 15 is 0 Å². The molecule has 1 heteroatoms. The number of hydrogen-bond acceptors (Lipinski definition) is 1. The summed E-state index contributed by atoms with van der Waals surface area (Å²) in [5.74, 6) is 1.13. The van der Waals surface area contributed by atoms with Gasteiger partial charge in [0.1, 0.15) is 0 Å². The molecule has 0 radical (unpaired) electrons. The molecule has 9 heavy (non-hydrogen) atoms. The molecular formula is C8H12O. The SMILES string of the molecule is CCC=C1CCC=CO1. The molecular weight excluding hydrogens is 112 g/mol. The molecule has 1 aliphatic heterocycles. The van der Waals surface area contributed by atoms with E-state index in [1.165, 1.54) is 0 Å². The largest absolute Gasteiger partial charge is 0.470 e. The van der Waals surface area contributed by atoms with Crippen molar-refractivity contribution in [3.8, 4) is 0 Å². The Labute approximate surface area is 56.0 Å². The molecule has 0 aliphatic carbocycles. The second-order valence-electron chi connectivity index (χ2n) is 2.11. The molecule has 0 saturated carbocycles. The summed E-state index contributed by atoms with van der Waals surface area (Å²) < 4.78 is 5.20. The summed E-state index contributed by atoms with van der Waals surface area (Å²) in [6.07, 6.45) is 9.22. The van der Waals surface area contributed by atoms with Gasteiger partial charge in [0, 0.05) is 6.42 Å². The van der Waals surface area contributed by atoms with Gasteiger partial charge in [0.25, 0.3) is 0 Å². The second kappa shape index (κ2) is 3.33. The van der Waals surface area contributed by atoms with Crippen LogP contribution in [0.3, 0.4) is 0 Å². The smallest absolute Gasteiger partial charge is 0.0995 e. The number of allylic oxidation sites excluding steroid dienone is 3. The van der Waals surface area contributed by atoms with Crippen molar-refractivity contribution in [3.63, 3.8) is 0 Å². The standard InChI is InChI=1S/C8H12O/c1-2-5-8-6-3-4-7-9-8/h4-5,7H,2-3,6H2,1H3. The van der Waals surface area contributed by atoms with E-state index in [-0.39, 0.29) is 0 Å². The zero-order valence-electron chi connectivity index (χ0n) is 5.76. The fraction of sp³-hybridized carbons (Fsp3) is 0.500. The highest BCUT2D eigenvalue weighted by molar-refractivity contribution is 5.00. The zero-order valence-corrected chi connectivity index (χ0v) is 5.76. The molecule has 0 unspecified atom stereocenters. The van der Waals surface area contributed by atoms with Crippen LogP contribution >= 0.6 is 0 Å². The molecule has 0 bridgehead atoms. The first-order valence-electron chi connectivity index (χ1n) is 3.44. The summed E-state index contributed by atoms with van der Waals surface area (Å²) in [5, 5.41) is 0. The van der Waals surface area contributed by atoms with E-state index in [1.807, 2.05) is 6.08 Å². The summed E-state index contributed by atoms with van der Waals surface area (Å²) in [6, 6.07) is 0. The molecule has 1 heterocycles. The predicted octanol–water partition coefficient (Wildman–Crippen LogP) is 2.60. The Morgan fingerprint density at radius 1 is 1.78 bits per heavy atom. The lowest BCUT2D eigenvalue weighted by Crippen LogP contribution is -1.90. The van der Waals surface area contributed by atoms with Crippen LogP contribution in [0, 0.1) is 0 Å². The number of ether oxygens (including phenoxy) is 1. The van der Waals surface area contributed by atoms with E-state index in [0.29, 0.717) is 0 Å². The summed E-state index contributed by atoms with van der Waals surface area (Å²) >= 11 is 0. The maximum absolute atomic E-state index is 5.20. The third-order valence-electron chi connectivity index (χ3n) is 1.30. The van der Waals surface area contributed by atoms with Gasteiger partial charge in [0.05, 0.1) is 12.0 Å². The minimum Gasteiger partial charge on any atom is -0.470 e. The van der Waals surface area contributed by atoms with Crippen molar-refractivity contribution in [2.75, 3.05) is 0 Å². The Kier molecular flexibility index (Phi) is 2.37. The summed E-state index contributed by atoms with van der Waals surface area (Å²) in [5.41, 5.74) is 0. The minimum atomic E-state index is 1.07. The highest BCUT2D eigenvalue weighted by Crippen LogP contribution is 2.13. The van der Waals surface area contributed by atoms with Gasteiger partial charge in [-0.1, -0.05) is 6.92 Å². The zero-order chi connectivity index (χ0) is 6.53. The number of rotatable bonds is 1. The second-order valence-corrected chi connectivity index (χ2v) is 2.11. The van der Waals surface area contributed by atoms with Gasteiger partial charge in [-0.05, 0) is 25.0 Å². The van der Waals surface area contributed by atoms with E-state index in [4.69, 9.17) is 4.74 Å². The normalized spacial score (nSPS) is 22.1. The third kappa shape index (κ3) is 1.92. The van der Waals surface area contributed by atoms with Gasteiger partial charge in [-0.15, -0.1) is 0 Å². The Morgan fingerprint density at radius 2 is 2.67 bits per heavy atom. The topological polar surface area (TPSA) is 9.23 Å². The van der Waals surface area contributed by atoms with Crippen molar-refractivity contribution in [1.82, 2.24) is 0 Å². The molecule has 0 aromatic carbocycles. The molecule has 1 nitrogen and oxygen atoms in total. The van der Waals surface area contributed by atoms with Crippen LogP contribution in [0.25, 0.3) is 0 Å². The van der Waals surface area contributed by atoms with Gasteiger partial charge < -0.3 is 4.74 Å². The molecule has 0 spiro atoms. The molecule has 0 fully saturated rings. The molecule has 0 saturated heterocycles. The maximum atomic E-state index is 5.20. The number of hydrogen-bond donors (Lipinski definition) is 0. The van der Waals surface area contributed by atoms with Crippen molar-refractivity contribution < 1.29 is 4.74 Å². The summed E-state index contributed by atoms with van der Waals surface area (Å²) in [7, 11) is 0. The van der Waals surface area contributed by atoms with Gasteiger partial charge in [0.2, 0.25) is 0 Å². The average Bonchev–Trinajstić information content (AvgIpc) is 1.91. The highest BCUT2D eigenvalue weighted by Gasteiger charge is 1.97. The maximum Gasteiger partial charge on any atom is 0.0995 e. The van der Waals surface area contributed by atoms with Crippen molar-refractivity contribution in [2.45, 2.75) is 26.2 Å². The van der Waals surface area contributed by atoms with Crippen molar-refractivity contribution in [3.05, 3.63) is 24.2 Å². The Bertz CT molecular complexity index is 134. The van der Waals surface area contributed by atoms with Crippen molar-refractivity contribution in [2.24, 2.45) is 0 Å². The molecule has 1 aliphatic rings. The molecule has 1 rings (SSSR count). The quantitative estimate of drug-likeness (QED) is 0.522. The van der Waals surface area contributed by atoms with Crippen molar-refractivity contribution >= 4 is 0 Å². The van der Waals surface area contributed by atoms with Gasteiger partial charge in [-0.2, -0.15) is 0 Å². The minimum absolute atomic E-state index is 1.07. The van der Waals surface area contributed by atoms with Gasteiger partial charge >= 0.3 is 0 Å². The molecule has 0 N–H and O–H groups in total. The third-order valence-corrected chi connectivity index (χ3v) is 1.30. The van der Waals surface area contributed by atoms with Gasteiger partial charge in [0.15, 0.2) is 0 Å². The summed E-state index contributed by atoms with van der Waals surface area (Å²) in [4.78, 5) is 0. The molecule has 0 aromatic heterocycles. The van der Waals surface area contributed by atoms with Crippen LogP contribution in [-0.4, -0.2) is 0 Å². The van der Waals surface area contributed by atoms with Crippen LogP contribution in [0.2, 0.25) is 0 Å². The van der Waals surface area contributed by atoms with E-state index in [1.54, 1.807) is 6.26 Å². The fourth-order valence-corrected chi connectivity index (χ4v) is 0.866. The molecule has 0 atom stereocenters. The van der Waals surface area contributed by atoms with E-state index in [2.05, 4.69) is 13.0 Å². The van der Waals surface area contributed by atoms with E-state index < -0.39 is 0 Å². The first-order valence-corrected chi connectivity index (χ1v) is 3.44. The molecule has 0 amide bonds. The summed E-state index contributed by atoms with van der Waals surface area (Å²) in [6.45, 7) is 2.12. The lowest BCUT2D eigenvalue weighted by atomic mass is 10.2. The molecule has 0 aromatic rings. The van der Waals surface area contributed by atoms with Crippen LogP contribution in [0.1, 0.15) is 26.2 Å². The van der Waals surface area contributed by atoms with Gasteiger partial charge in [-0.3, -0.25) is 0 Å². The lowest BCUT2D eigenvalue weighted by molar-refractivity contribution is 0.316. The van der Waals surface area contributed by atoms with Crippen LogP contribution in [0.4, 0.5) is 0 Å². The Balaban J connectivity index is 2.43. The fourth-order valence-electron chi connectivity index (χ4n) is 0.866. The van der Waals surface area contributed by atoms with Crippen LogP contribution < -0.4 is 0 Å².